The zero-order valence-electron chi connectivity index (χ0n) is 11.9. The zero-order valence-corrected chi connectivity index (χ0v) is 11.9. The molecule has 0 spiro atoms. The van der Waals surface area contributed by atoms with Crippen LogP contribution in [-0.2, 0) is 14.3 Å². The Morgan fingerprint density at radius 3 is 2.67 bits per heavy atom. The van der Waals surface area contributed by atoms with Gasteiger partial charge in [-0.2, -0.15) is 0 Å². The quantitative estimate of drug-likeness (QED) is 0.667. The van der Waals surface area contributed by atoms with Gasteiger partial charge in [0.15, 0.2) is 5.70 Å². The molecule has 110 valence electrons. The largest absolute Gasteiger partial charge is 0.476 e. The summed E-state index contributed by atoms with van der Waals surface area (Å²) in [5, 5.41) is 9.36. The molecule has 2 aliphatic heterocycles. The van der Waals surface area contributed by atoms with Crippen LogP contribution in [0.5, 0.6) is 0 Å². The number of carbonyl (C=O) groups is 2. The van der Waals surface area contributed by atoms with Crippen molar-refractivity contribution < 1.29 is 23.8 Å². The first kappa shape index (κ1) is 13.5. The molecule has 2 aliphatic rings. The van der Waals surface area contributed by atoms with E-state index in [0.717, 1.165) is 5.56 Å². The Bertz CT molecular complexity index is 675. The molecule has 1 N–H and O–H groups in total. The van der Waals surface area contributed by atoms with Gasteiger partial charge in [-0.15, -0.1) is 0 Å². The van der Waals surface area contributed by atoms with Gasteiger partial charge in [0.2, 0.25) is 6.23 Å². The number of furan rings is 1. The number of β-lactam (4-membered cyclic amide) rings is 1. The van der Waals surface area contributed by atoms with Gasteiger partial charge in [-0.1, -0.05) is 20.8 Å². The number of ether oxygens (including phenoxy) is 1. The maximum absolute atomic E-state index is 12.2. The van der Waals surface area contributed by atoms with Gasteiger partial charge in [0, 0.05) is 11.0 Å². The number of allylic oxidation sites excluding steroid dienone is 1. The average molecular weight is 289 g/mol. The van der Waals surface area contributed by atoms with Crippen molar-refractivity contribution in [3.63, 3.8) is 0 Å². The van der Waals surface area contributed by atoms with Crippen molar-refractivity contribution in [3.05, 3.63) is 41.2 Å². The highest BCUT2D eigenvalue weighted by molar-refractivity contribution is 6.10. The van der Waals surface area contributed by atoms with Crippen LogP contribution in [0, 0.1) is 5.41 Å². The molecule has 0 aromatic carbocycles. The van der Waals surface area contributed by atoms with E-state index in [1.165, 1.54) is 17.4 Å². The fourth-order valence-electron chi connectivity index (χ4n) is 2.44. The Kier molecular flexibility index (Phi) is 2.73. The van der Waals surface area contributed by atoms with Gasteiger partial charge in [0.05, 0.1) is 18.1 Å². The van der Waals surface area contributed by atoms with Gasteiger partial charge < -0.3 is 14.3 Å². The van der Waals surface area contributed by atoms with Crippen LogP contribution in [0.3, 0.4) is 0 Å². The second-order valence-corrected chi connectivity index (χ2v) is 6.03. The standard InChI is InChI=1S/C15H15NO5/c1-15(2,3)11-10(14(18)19)16-12(17)9(13(16)21-11)6-8-4-5-20-7-8/h4-7,13H,1-3H3,(H,18,19)/b9-6-. The fourth-order valence-corrected chi connectivity index (χ4v) is 2.44. The lowest BCUT2D eigenvalue weighted by molar-refractivity contribution is -0.147. The SMILES string of the molecule is CC(C)(C)C1=C(C(=O)O)N2C(=O)/C(=C/c3ccoc3)C2O1. The molecule has 1 saturated heterocycles. The third kappa shape index (κ3) is 1.94. The first-order valence-electron chi connectivity index (χ1n) is 6.53. The minimum Gasteiger partial charge on any atom is -0.476 e. The molecule has 1 atom stereocenters. The van der Waals surface area contributed by atoms with E-state index in [4.69, 9.17) is 9.15 Å². The number of carboxylic acids is 1. The van der Waals surface area contributed by atoms with Crippen molar-refractivity contribution in [2.75, 3.05) is 0 Å². The number of aliphatic carboxylic acids is 1. The molecule has 21 heavy (non-hydrogen) atoms. The number of amides is 1. The molecule has 6 heteroatoms. The molecule has 1 unspecified atom stereocenters. The zero-order chi connectivity index (χ0) is 15.4. The lowest BCUT2D eigenvalue weighted by Crippen LogP contribution is -2.52. The minimum absolute atomic E-state index is 0.0677. The van der Waals surface area contributed by atoms with E-state index < -0.39 is 17.6 Å². The molecule has 1 amide bonds. The van der Waals surface area contributed by atoms with Gasteiger partial charge in [0.1, 0.15) is 5.76 Å². The topological polar surface area (TPSA) is 80.0 Å². The van der Waals surface area contributed by atoms with Crippen molar-refractivity contribution in [3.8, 4) is 0 Å². The van der Waals surface area contributed by atoms with E-state index >= 15 is 0 Å². The normalized spacial score (nSPS) is 23.2. The predicted molar refractivity (Wildman–Crippen MR) is 72.5 cm³/mol. The third-order valence-corrected chi connectivity index (χ3v) is 3.40. The average Bonchev–Trinajstić information content (AvgIpc) is 3.00. The van der Waals surface area contributed by atoms with Crippen molar-refractivity contribution >= 4 is 18.0 Å². The molecule has 3 heterocycles. The van der Waals surface area contributed by atoms with Gasteiger partial charge >= 0.3 is 5.97 Å². The van der Waals surface area contributed by atoms with Crippen molar-refractivity contribution in [1.29, 1.82) is 0 Å². The van der Waals surface area contributed by atoms with E-state index in [1.807, 2.05) is 20.8 Å². The van der Waals surface area contributed by atoms with Crippen LogP contribution in [0.4, 0.5) is 0 Å². The summed E-state index contributed by atoms with van der Waals surface area (Å²) < 4.78 is 10.7. The van der Waals surface area contributed by atoms with Crippen LogP contribution in [0.25, 0.3) is 6.08 Å². The van der Waals surface area contributed by atoms with Crippen molar-refractivity contribution in [1.82, 2.24) is 4.90 Å². The summed E-state index contributed by atoms with van der Waals surface area (Å²) in [7, 11) is 0. The van der Waals surface area contributed by atoms with Gasteiger partial charge in [-0.3, -0.25) is 9.69 Å². The smallest absolute Gasteiger partial charge is 0.356 e. The summed E-state index contributed by atoms with van der Waals surface area (Å²) in [5.74, 6) is -1.18. The summed E-state index contributed by atoms with van der Waals surface area (Å²) in [6, 6.07) is 1.72. The van der Waals surface area contributed by atoms with Crippen LogP contribution in [0.2, 0.25) is 0 Å². The van der Waals surface area contributed by atoms with Crippen LogP contribution in [-0.4, -0.2) is 28.1 Å². The Morgan fingerprint density at radius 2 is 2.14 bits per heavy atom. The number of hydrogen-bond acceptors (Lipinski definition) is 4. The van der Waals surface area contributed by atoms with Gasteiger partial charge in [0.25, 0.3) is 5.91 Å². The number of rotatable bonds is 2. The molecule has 6 nitrogen and oxygen atoms in total. The number of nitrogens with zero attached hydrogens (tertiary/aromatic N) is 1. The Balaban J connectivity index is 1.98. The van der Waals surface area contributed by atoms with E-state index in [2.05, 4.69) is 0 Å². The molecular formula is C15H15NO5. The second kappa shape index (κ2) is 4.25. The predicted octanol–water partition coefficient (Wildman–Crippen LogP) is 2.20. The molecule has 0 radical (unpaired) electrons. The highest BCUT2D eigenvalue weighted by Gasteiger charge is 2.55. The van der Waals surface area contributed by atoms with Gasteiger partial charge in [-0.05, 0) is 12.1 Å². The van der Waals surface area contributed by atoms with Crippen LogP contribution in [0.1, 0.15) is 26.3 Å². The molecule has 0 aliphatic carbocycles. The van der Waals surface area contributed by atoms with E-state index in [1.54, 1.807) is 12.1 Å². The Labute approximate surface area is 121 Å². The number of hydrogen-bond donors (Lipinski definition) is 1. The summed E-state index contributed by atoms with van der Waals surface area (Å²) in [6.07, 6.45) is 4.00. The summed E-state index contributed by atoms with van der Waals surface area (Å²) in [4.78, 5) is 24.8. The van der Waals surface area contributed by atoms with Crippen molar-refractivity contribution in [2.45, 2.75) is 27.0 Å². The summed E-state index contributed by atoms with van der Waals surface area (Å²) in [5.41, 5.74) is 0.602. The van der Waals surface area contributed by atoms with Crippen molar-refractivity contribution in [2.24, 2.45) is 5.41 Å². The van der Waals surface area contributed by atoms with Gasteiger partial charge in [-0.25, -0.2) is 4.79 Å². The molecule has 0 bridgehead atoms. The molecule has 0 saturated carbocycles. The number of fused-ring (bicyclic) bond motifs is 1. The number of carboxylic acid groups (broad SMARTS) is 1. The first-order valence-corrected chi connectivity index (χ1v) is 6.53. The van der Waals surface area contributed by atoms with E-state index in [0.29, 0.717) is 11.3 Å². The lowest BCUT2D eigenvalue weighted by atomic mass is 9.92. The minimum atomic E-state index is -1.15. The van der Waals surface area contributed by atoms with Crippen LogP contribution in [0.15, 0.2) is 40.0 Å². The summed E-state index contributed by atoms with van der Waals surface area (Å²) >= 11 is 0. The maximum Gasteiger partial charge on any atom is 0.356 e. The molecule has 1 aromatic rings. The highest BCUT2D eigenvalue weighted by Crippen LogP contribution is 2.46. The third-order valence-electron chi connectivity index (χ3n) is 3.40. The van der Waals surface area contributed by atoms with Crippen LogP contribution >= 0.6 is 0 Å². The maximum atomic E-state index is 12.2. The molecule has 1 fully saturated rings. The summed E-state index contributed by atoms with van der Waals surface area (Å²) in [6.45, 7) is 5.54. The second-order valence-electron chi connectivity index (χ2n) is 6.03. The Morgan fingerprint density at radius 1 is 1.43 bits per heavy atom. The molecular weight excluding hydrogens is 274 g/mol. The lowest BCUT2D eigenvalue weighted by Gasteiger charge is -2.35. The highest BCUT2D eigenvalue weighted by atomic mass is 16.5. The molecule has 3 rings (SSSR count). The number of carbonyl (C=O) groups excluding carboxylic acids is 1. The van der Waals surface area contributed by atoms with E-state index in [-0.39, 0.29) is 11.6 Å². The monoisotopic (exact) mass is 289 g/mol. The van der Waals surface area contributed by atoms with Crippen LogP contribution < -0.4 is 0 Å². The fraction of sp³-hybridized carbons (Fsp3) is 0.333. The van der Waals surface area contributed by atoms with E-state index in [9.17, 15) is 14.7 Å². The first-order chi connectivity index (χ1) is 9.80. The Hall–Kier alpha value is -2.50. The molecule has 1 aromatic heterocycles.